The molecule has 0 aliphatic carbocycles. The maximum absolute atomic E-state index is 11.1. The highest BCUT2D eigenvalue weighted by atomic mass is 35.5. The summed E-state index contributed by atoms with van der Waals surface area (Å²) in [7, 11) is 0. The van der Waals surface area contributed by atoms with E-state index in [1.54, 1.807) is 13.8 Å². The van der Waals surface area contributed by atoms with Gasteiger partial charge in [-0.25, -0.2) is 0 Å². The summed E-state index contributed by atoms with van der Waals surface area (Å²) >= 11 is 5.71. The van der Waals surface area contributed by atoms with E-state index in [0.29, 0.717) is 10.8 Å². The van der Waals surface area contributed by atoms with Crippen LogP contribution in [-0.2, 0) is 4.79 Å². The molecule has 0 saturated carbocycles. The Morgan fingerprint density at radius 2 is 2.38 bits per heavy atom. The Morgan fingerprint density at radius 3 is 2.92 bits per heavy atom. The number of ether oxygens (including phenoxy) is 1. The number of hydrogen-bond acceptors (Lipinski definition) is 3. The highest BCUT2D eigenvalue weighted by Gasteiger charge is 2.11. The second-order valence-electron chi connectivity index (χ2n) is 2.82. The third-order valence-corrected chi connectivity index (χ3v) is 1.65. The molecule has 0 spiro atoms. The summed E-state index contributed by atoms with van der Waals surface area (Å²) < 4.78 is 4.96. The van der Waals surface area contributed by atoms with Crippen LogP contribution in [-0.4, -0.2) is 11.0 Å². The summed E-state index contributed by atoms with van der Waals surface area (Å²) in [5.41, 5.74) is 0. The van der Waals surface area contributed by atoms with Crippen molar-refractivity contribution in [3.63, 3.8) is 0 Å². The lowest BCUT2D eigenvalue weighted by Crippen LogP contribution is -2.14. The standard InChI is InChI=1S/C9H9ClNO2/c1-6(2)9(12)13-8-3-4-11-5-7(8)10/h3,5-6H,1-2H3. The molecule has 0 aliphatic heterocycles. The zero-order valence-electron chi connectivity index (χ0n) is 7.37. The fourth-order valence-corrected chi connectivity index (χ4v) is 0.769. The molecule has 13 heavy (non-hydrogen) atoms. The molecule has 1 aromatic heterocycles. The molecule has 0 bridgehead atoms. The predicted molar refractivity (Wildman–Crippen MR) is 48.6 cm³/mol. The summed E-state index contributed by atoms with van der Waals surface area (Å²) in [5, 5.41) is 0.313. The SMILES string of the molecule is CC(C)C(=O)Oc1c[c]ncc1Cl. The van der Waals surface area contributed by atoms with E-state index >= 15 is 0 Å². The van der Waals surface area contributed by atoms with E-state index in [9.17, 15) is 4.79 Å². The Labute approximate surface area is 81.7 Å². The number of aromatic nitrogens is 1. The molecule has 69 valence electrons. The number of hydrogen-bond donors (Lipinski definition) is 0. The number of rotatable bonds is 2. The summed E-state index contributed by atoms with van der Waals surface area (Å²) in [6.45, 7) is 3.50. The maximum atomic E-state index is 11.1. The summed E-state index contributed by atoms with van der Waals surface area (Å²) in [4.78, 5) is 14.8. The molecule has 1 rings (SSSR count). The van der Waals surface area contributed by atoms with Crippen molar-refractivity contribution < 1.29 is 9.53 Å². The molecule has 0 saturated heterocycles. The highest BCUT2D eigenvalue weighted by molar-refractivity contribution is 6.32. The van der Waals surface area contributed by atoms with Crippen molar-refractivity contribution in [3.8, 4) is 5.75 Å². The Morgan fingerprint density at radius 1 is 1.69 bits per heavy atom. The molecule has 0 amide bonds. The van der Waals surface area contributed by atoms with Crippen LogP contribution in [0.4, 0.5) is 0 Å². The average molecular weight is 199 g/mol. The lowest BCUT2D eigenvalue weighted by Gasteiger charge is -2.06. The van der Waals surface area contributed by atoms with Crippen molar-refractivity contribution in [3.05, 3.63) is 23.5 Å². The number of pyridine rings is 1. The van der Waals surface area contributed by atoms with Crippen molar-refractivity contribution in [2.24, 2.45) is 5.92 Å². The van der Waals surface area contributed by atoms with Gasteiger partial charge in [-0.1, -0.05) is 25.4 Å². The largest absolute Gasteiger partial charge is 0.425 e. The number of carbonyl (C=O) groups is 1. The fraction of sp³-hybridized carbons (Fsp3) is 0.333. The molecule has 0 N–H and O–H groups in total. The van der Waals surface area contributed by atoms with E-state index in [4.69, 9.17) is 16.3 Å². The summed E-state index contributed by atoms with van der Waals surface area (Å²) in [6.07, 6.45) is 3.91. The molecule has 0 atom stereocenters. The van der Waals surface area contributed by atoms with Gasteiger partial charge in [0, 0.05) is 6.07 Å². The molecule has 1 aromatic rings. The number of esters is 1. The second-order valence-corrected chi connectivity index (χ2v) is 3.23. The van der Waals surface area contributed by atoms with Crippen molar-refractivity contribution >= 4 is 17.6 Å². The van der Waals surface area contributed by atoms with Crippen LogP contribution < -0.4 is 4.74 Å². The summed E-state index contributed by atoms with van der Waals surface area (Å²) in [6, 6.07) is 1.43. The molecule has 0 unspecified atom stereocenters. The molecule has 0 aliphatic rings. The van der Waals surface area contributed by atoms with Crippen LogP contribution in [0.2, 0.25) is 5.02 Å². The van der Waals surface area contributed by atoms with Crippen LogP contribution in [0.1, 0.15) is 13.8 Å². The minimum atomic E-state index is -0.318. The van der Waals surface area contributed by atoms with Gasteiger partial charge >= 0.3 is 5.97 Å². The van der Waals surface area contributed by atoms with Gasteiger partial charge in [-0.3, -0.25) is 9.78 Å². The topological polar surface area (TPSA) is 39.2 Å². The van der Waals surface area contributed by atoms with Gasteiger partial charge in [0.2, 0.25) is 0 Å². The van der Waals surface area contributed by atoms with Gasteiger partial charge in [0.05, 0.1) is 18.3 Å². The molecular weight excluding hydrogens is 190 g/mol. The van der Waals surface area contributed by atoms with Gasteiger partial charge in [0.1, 0.15) is 5.02 Å². The van der Waals surface area contributed by atoms with Gasteiger partial charge in [-0.05, 0) is 0 Å². The number of halogens is 1. The first-order valence-corrected chi connectivity index (χ1v) is 4.22. The van der Waals surface area contributed by atoms with Gasteiger partial charge in [-0.2, -0.15) is 0 Å². The van der Waals surface area contributed by atoms with E-state index in [0.717, 1.165) is 0 Å². The van der Waals surface area contributed by atoms with Crippen molar-refractivity contribution in [1.82, 2.24) is 4.98 Å². The quantitative estimate of drug-likeness (QED) is 0.684. The second kappa shape index (κ2) is 4.23. The molecule has 1 heterocycles. The fourth-order valence-electron chi connectivity index (χ4n) is 0.627. The number of carbonyl (C=O) groups excluding carboxylic acids is 1. The van der Waals surface area contributed by atoms with E-state index in [2.05, 4.69) is 11.2 Å². The monoisotopic (exact) mass is 198 g/mol. The van der Waals surface area contributed by atoms with Crippen molar-refractivity contribution in [2.45, 2.75) is 13.8 Å². The van der Waals surface area contributed by atoms with Gasteiger partial charge in [0.15, 0.2) is 5.75 Å². The smallest absolute Gasteiger partial charge is 0.313 e. The Balaban J connectivity index is 2.75. The Hall–Kier alpha value is -1.09. The first-order chi connectivity index (χ1) is 6.11. The third-order valence-electron chi connectivity index (χ3n) is 1.37. The van der Waals surface area contributed by atoms with Gasteiger partial charge in [0.25, 0.3) is 0 Å². The molecule has 1 radical (unpaired) electrons. The normalized spacial score (nSPS) is 10.2. The van der Waals surface area contributed by atoms with Crippen molar-refractivity contribution in [1.29, 1.82) is 0 Å². The first kappa shape index (κ1) is 9.99. The minimum Gasteiger partial charge on any atom is -0.425 e. The minimum absolute atomic E-state index is 0.177. The lowest BCUT2D eigenvalue weighted by molar-refractivity contribution is -0.137. The maximum Gasteiger partial charge on any atom is 0.313 e. The molecule has 4 heteroatoms. The molecular formula is C9H9ClNO2. The van der Waals surface area contributed by atoms with Crippen LogP contribution in [0.3, 0.4) is 0 Å². The predicted octanol–water partition coefficient (Wildman–Crippen LogP) is 2.10. The van der Waals surface area contributed by atoms with E-state index in [1.807, 2.05) is 0 Å². The van der Waals surface area contributed by atoms with Gasteiger partial charge in [-0.15, -0.1) is 0 Å². The van der Waals surface area contributed by atoms with E-state index in [1.165, 1.54) is 12.3 Å². The molecule has 3 nitrogen and oxygen atoms in total. The number of nitrogens with zero attached hydrogens (tertiary/aromatic N) is 1. The molecule has 0 fully saturated rings. The zero-order chi connectivity index (χ0) is 9.84. The van der Waals surface area contributed by atoms with Crippen LogP contribution in [0.5, 0.6) is 5.75 Å². The highest BCUT2D eigenvalue weighted by Crippen LogP contribution is 2.22. The molecule has 0 aromatic carbocycles. The van der Waals surface area contributed by atoms with Gasteiger partial charge < -0.3 is 4.74 Å². The third kappa shape index (κ3) is 2.70. The Bertz CT molecular complexity index is 312. The van der Waals surface area contributed by atoms with E-state index < -0.39 is 0 Å². The lowest BCUT2D eigenvalue weighted by atomic mass is 10.2. The average Bonchev–Trinajstić information content (AvgIpc) is 2.08. The van der Waals surface area contributed by atoms with Crippen LogP contribution in [0.15, 0.2) is 12.3 Å². The van der Waals surface area contributed by atoms with Crippen LogP contribution >= 0.6 is 11.6 Å². The zero-order valence-corrected chi connectivity index (χ0v) is 8.13. The van der Waals surface area contributed by atoms with Crippen LogP contribution in [0.25, 0.3) is 0 Å². The summed E-state index contributed by atoms with van der Waals surface area (Å²) in [5.74, 6) is -0.193. The Kier molecular flexibility index (Phi) is 3.25. The van der Waals surface area contributed by atoms with Crippen LogP contribution in [0, 0.1) is 12.1 Å². The van der Waals surface area contributed by atoms with E-state index in [-0.39, 0.29) is 11.9 Å². The van der Waals surface area contributed by atoms with Crippen molar-refractivity contribution in [2.75, 3.05) is 0 Å². The first-order valence-electron chi connectivity index (χ1n) is 3.84.